The van der Waals surface area contributed by atoms with Crippen LogP contribution in [-0.4, -0.2) is 0 Å². The van der Waals surface area contributed by atoms with Crippen LogP contribution >= 0.6 is 0 Å². The molecule has 0 saturated heterocycles. The van der Waals surface area contributed by atoms with Gasteiger partial charge in [-0.2, -0.15) is 0 Å². The van der Waals surface area contributed by atoms with Crippen molar-refractivity contribution < 1.29 is 0 Å². The predicted octanol–water partition coefficient (Wildman–Crippen LogP) is 6.00. The van der Waals surface area contributed by atoms with E-state index in [0.29, 0.717) is 0 Å². The summed E-state index contributed by atoms with van der Waals surface area (Å²) in [7, 11) is 0. The molecule has 0 aromatic heterocycles. The Labute approximate surface area is 104 Å². The van der Waals surface area contributed by atoms with E-state index >= 15 is 0 Å². The van der Waals surface area contributed by atoms with E-state index in [1.54, 1.807) is 0 Å². The largest absolute Gasteiger partial charge is 0.0683 e. The van der Waals surface area contributed by atoms with Crippen molar-refractivity contribution >= 4 is 0 Å². The van der Waals surface area contributed by atoms with Gasteiger partial charge in [0.1, 0.15) is 0 Å². The molecule has 0 bridgehead atoms. The van der Waals surface area contributed by atoms with Gasteiger partial charge in [-0.15, -0.1) is 0 Å². The summed E-state index contributed by atoms with van der Waals surface area (Å²) in [6.45, 7) is 20.6. The summed E-state index contributed by atoms with van der Waals surface area (Å²) in [6, 6.07) is 4.48. The molecule has 0 radical (unpaired) electrons. The Kier molecular flexibility index (Phi) is 18.3. The molecule has 0 spiro atoms. The first-order valence-electron chi connectivity index (χ1n) is 6.65. The Balaban J connectivity index is -0.000000245. The topological polar surface area (TPSA) is 0 Å². The van der Waals surface area contributed by atoms with Gasteiger partial charge >= 0.3 is 0 Å². The second-order valence-corrected chi connectivity index (χ2v) is 3.02. The van der Waals surface area contributed by atoms with E-state index in [4.69, 9.17) is 0 Å². The van der Waals surface area contributed by atoms with Crippen molar-refractivity contribution in [1.29, 1.82) is 0 Å². The van der Waals surface area contributed by atoms with Gasteiger partial charge in [-0.25, -0.2) is 0 Å². The van der Waals surface area contributed by atoms with Gasteiger partial charge in [0, 0.05) is 0 Å². The second-order valence-electron chi connectivity index (χ2n) is 3.02. The third-order valence-electron chi connectivity index (χ3n) is 2.11. The summed E-state index contributed by atoms with van der Waals surface area (Å²) in [4.78, 5) is 0. The third-order valence-corrected chi connectivity index (χ3v) is 2.11. The average Bonchev–Trinajstić information content (AvgIpc) is 2.34. The minimum atomic E-state index is 1.39. The summed E-state index contributed by atoms with van der Waals surface area (Å²) in [5.74, 6) is 0. The van der Waals surface area contributed by atoms with Gasteiger partial charge in [0.05, 0.1) is 0 Å². The molecular formula is C16H32. The Hall–Kier alpha value is -0.780. The van der Waals surface area contributed by atoms with Gasteiger partial charge in [-0.05, 0) is 49.9 Å². The van der Waals surface area contributed by atoms with Crippen molar-refractivity contribution in [3.8, 4) is 0 Å². The molecular weight excluding hydrogens is 192 g/mol. The molecule has 96 valence electrons. The summed E-state index contributed by atoms with van der Waals surface area (Å²) in [5.41, 5.74) is 5.57. The number of benzene rings is 1. The van der Waals surface area contributed by atoms with Crippen LogP contribution in [0.3, 0.4) is 0 Å². The van der Waals surface area contributed by atoms with Crippen LogP contribution in [0.1, 0.15) is 63.8 Å². The van der Waals surface area contributed by atoms with E-state index in [9.17, 15) is 0 Å². The van der Waals surface area contributed by atoms with Crippen LogP contribution in [0.5, 0.6) is 0 Å². The lowest BCUT2D eigenvalue weighted by atomic mass is 10.0. The maximum Gasteiger partial charge on any atom is -0.0395 e. The van der Waals surface area contributed by atoms with Crippen molar-refractivity contribution in [1.82, 2.24) is 0 Å². The molecule has 0 saturated carbocycles. The normalized spacial score (nSPS) is 7.38. The van der Waals surface area contributed by atoms with E-state index in [0.717, 1.165) is 0 Å². The number of hydrogen-bond acceptors (Lipinski definition) is 0. The smallest absolute Gasteiger partial charge is 0.0395 e. The maximum atomic E-state index is 2.24. The first kappa shape index (κ1) is 20.6. The van der Waals surface area contributed by atoms with E-state index in [2.05, 4.69) is 39.8 Å². The highest BCUT2D eigenvalue weighted by Crippen LogP contribution is 2.13. The summed E-state index contributed by atoms with van der Waals surface area (Å²) in [6.07, 6.45) is 0. The SMILES string of the molecule is CC.CC.CC.Cc1cc(C)c(C)cc1C. The quantitative estimate of drug-likeness (QED) is 0.507. The van der Waals surface area contributed by atoms with Crippen molar-refractivity contribution in [3.05, 3.63) is 34.4 Å². The Morgan fingerprint density at radius 3 is 0.688 bits per heavy atom. The molecule has 0 aliphatic carbocycles. The van der Waals surface area contributed by atoms with Gasteiger partial charge in [-0.3, -0.25) is 0 Å². The molecule has 0 fully saturated rings. The van der Waals surface area contributed by atoms with Gasteiger partial charge < -0.3 is 0 Å². The van der Waals surface area contributed by atoms with E-state index in [1.165, 1.54) is 22.3 Å². The Morgan fingerprint density at radius 2 is 0.562 bits per heavy atom. The van der Waals surface area contributed by atoms with Crippen LogP contribution in [0.4, 0.5) is 0 Å². The molecule has 0 N–H and O–H groups in total. The van der Waals surface area contributed by atoms with E-state index in [1.807, 2.05) is 41.5 Å². The number of aryl methyl sites for hydroxylation is 4. The highest BCUT2D eigenvalue weighted by Gasteiger charge is 1.95. The predicted molar refractivity (Wildman–Crippen MR) is 79.4 cm³/mol. The van der Waals surface area contributed by atoms with Crippen LogP contribution in [-0.2, 0) is 0 Å². The summed E-state index contributed by atoms with van der Waals surface area (Å²) < 4.78 is 0. The number of rotatable bonds is 0. The fourth-order valence-corrected chi connectivity index (χ4v) is 1.10. The lowest BCUT2D eigenvalue weighted by Gasteiger charge is -2.04. The van der Waals surface area contributed by atoms with Crippen molar-refractivity contribution in [2.24, 2.45) is 0 Å². The summed E-state index contributed by atoms with van der Waals surface area (Å²) >= 11 is 0. The van der Waals surface area contributed by atoms with Crippen LogP contribution in [0.2, 0.25) is 0 Å². The molecule has 1 aromatic rings. The third kappa shape index (κ3) is 8.52. The lowest BCUT2D eigenvalue weighted by molar-refractivity contribution is 1.24. The fraction of sp³-hybridized carbons (Fsp3) is 0.625. The minimum absolute atomic E-state index is 1.39. The van der Waals surface area contributed by atoms with Crippen LogP contribution in [0.25, 0.3) is 0 Å². The van der Waals surface area contributed by atoms with Crippen LogP contribution in [0.15, 0.2) is 12.1 Å². The highest BCUT2D eigenvalue weighted by molar-refractivity contribution is 5.35. The van der Waals surface area contributed by atoms with Crippen molar-refractivity contribution in [3.63, 3.8) is 0 Å². The zero-order chi connectivity index (χ0) is 13.7. The fourth-order valence-electron chi connectivity index (χ4n) is 1.10. The first-order chi connectivity index (χ1) is 7.61. The molecule has 0 atom stereocenters. The van der Waals surface area contributed by atoms with Crippen molar-refractivity contribution in [2.75, 3.05) is 0 Å². The van der Waals surface area contributed by atoms with Gasteiger partial charge in [0.15, 0.2) is 0 Å². The molecule has 0 aliphatic rings. The molecule has 16 heavy (non-hydrogen) atoms. The monoisotopic (exact) mass is 224 g/mol. The zero-order valence-corrected chi connectivity index (χ0v) is 13.2. The molecule has 0 unspecified atom stereocenters. The lowest BCUT2D eigenvalue weighted by Crippen LogP contribution is -1.86. The highest BCUT2D eigenvalue weighted by atomic mass is 14.0. The first-order valence-corrected chi connectivity index (χ1v) is 6.65. The standard InChI is InChI=1S/C10H14.3C2H6/c1-7-5-9(3)10(4)6-8(7)2;3*1-2/h5-6H,1-4H3;3*1-2H3. The van der Waals surface area contributed by atoms with Gasteiger partial charge in [-0.1, -0.05) is 53.7 Å². The Morgan fingerprint density at radius 1 is 0.438 bits per heavy atom. The molecule has 1 rings (SSSR count). The second kappa shape index (κ2) is 14.2. The minimum Gasteiger partial charge on any atom is -0.0683 e. The Bertz CT molecular complexity index is 196. The van der Waals surface area contributed by atoms with Gasteiger partial charge in [0.2, 0.25) is 0 Å². The molecule has 0 heterocycles. The molecule has 1 aromatic carbocycles. The van der Waals surface area contributed by atoms with E-state index < -0.39 is 0 Å². The molecule has 0 nitrogen and oxygen atoms in total. The zero-order valence-electron chi connectivity index (χ0n) is 13.2. The number of hydrogen-bond donors (Lipinski definition) is 0. The molecule has 0 amide bonds. The van der Waals surface area contributed by atoms with Gasteiger partial charge in [0.25, 0.3) is 0 Å². The molecule has 0 aliphatic heterocycles. The maximum absolute atomic E-state index is 2.24. The summed E-state index contributed by atoms with van der Waals surface area (Å²) in [5, 5.41) is 0. The van der Waals surface area contributed by atoms with E-state index in [-0.39, 0.29) is 0 Å². The van der Waals surface area contributed by atoms with Crippen molar-refractivity contribution in [2.45, 2.75) is 69.2 Å². The van der Waals surface area contributed by atoms with Crippen LogP contribution < -0.4 is 0 Å². The molecule has 0 heteroatoms. The van der Waals surface area contributed by atoms with Crippen LogP contribution in [0, 0.1) is 27.7 Å². The average molecular weight is 224 g/mol.